The number of hydrogen-bond donors (Lipinski definition) is 0. The van der Waals surface area contributed by atoms with Crippen molar-refractivity contribution in [3.05, 3.63) is 30.5 Å². The fourth-order valence-corrected chi connectivity index (χ4v) is 1.11. The molecule has 0 N–H and O–H groups in total. The van der Waals surface area contributed by atoms with Gasteiger partial charge in [-0.2, -0.15) is 0 Å². The van der Waals surface area contributed by atoms with Crippen LogP contribution in [0.2, 0.25) is 0 Å². The van der Waals surface area contributed by atoms with Gasteiger partial charge < -0.3 is 14.4 Å². The molecule has 0 saturated carbocycles. The summed E-state index contributed by atoms with van der Waals surface area (Å²) in [6.07, 6.45) is 1.26. The summed E-state index contributed by atoms with van der Waals surface area (Å²) in [5, 5.41) is 14.3. The van der Waals surface area contributed by atoms with Gasteiger partial charge in [-0.1, -0.05) is 6.07 Å². The topological polar surface area (TPSA) is 62.2 Å². The van der Waals surface area contributed by atoms with E-state index < -0.39 is 5.95 Å². The van der Waals surface area contributed by atoms with E-state index in [4.69, 9.17) is 4.74 Å². The molecule has 0 atom stereocenters. The molecule has 0 aliphatic heterocycles. The van der Waals surface area contributed by atoms with E-state index in [1.54, 1.807) is 25.3 Å². The lowest BCUT2D eigenvalue weighted by Gasteiger charge is -1.96. The van der Waals surface area contributed by atoms with Crippen molar-refractivity contribution in [2.75, 3.05) is 7.11 Å². The Morgan fingerprint density at radius 2 is 2.36 bits per heavy atom. The monoisotopic (exact) mass is 192 g/mol. The minimum atomic E-state index is -0.479. The van der Waals surface area contributed by atoms with Gasteiger partial charge in [0.2, 0.25) is 11.9 Å². The van der Waals surface area contributed by atoms with Crippen LogP contribution in [0.15, 0.2) is 35.0 Å². The van der Waals surface area contributed by atoms with Crippen molar-refractivity contribution >= 4 is 0 Å². The quantitative estimate of drug-likeness (QED) is 0.630. The van der Waals surface area contributed by atoms with Gasteiger partial charge in [0.05, 0.1) is 18.4 Å². The third-order valence-corrected chi connectivity index (χ3v) is 1.76. The summed E-state index contributed by atoms with van der Waals surface area (Å²) in [5.74, 6) is 0.221. The summed E-state index contributed by atoms with van der Waals surface area (Å²) in [6, 6.07) is 7.16. The summed E-state index contributed by atoms with van der Waals surface area (Å²) in [6.45, 7) is 0. The van der Waals surface area contributed by atoms with Gasteiger partial charge in [0.25, 0.3) is 0 Å². The highest BCUT2D eigenvalue weighted by Gasteiger charge is 2.09. The predicted octanol–water partition coefficient (Wildman–Crippen LogP) is 0.0335. The number of methoxy groups -OCH3 is 1. The van der Waals surface area contributed by atoms with Crippen LogP contribution in [0.25, 0.3) is 5.69 Å². The van der Waals surface area contributed by atoms with E-state index in [2.05, 4.69) is 9.79 Å². The fourth-order valence-electron chi connectivity index (χ4n) is 1.11. The Labute approximate surface area is 80.1 Å². The lowest BCUT2D eigenvalue weighted by atomic mass is 10.3. The second-order valence-electron chi connectivity index (χ2n) is 2.67. The molecule has 0 unspecified atom stereocenters. The van der Waals surface area contributed by atoms with Crippen LogP contribution in [0, 0.1) is 0 Å². The maximum atomic E-state index is 10.7. The molecule has 0 fully saturated rings. The summed E-state index contributed by atoms with van der Waals surface area (Å²) in [7, 11) is 1.58. The maximum Gasteiger partial charge on any atom is 0.243 e. The van der Waals surface area contributed by atoms with Crippen LogP contribution < -0.4 is 14.5 Å². The summed E-state index contributed by atoms with van der Waals surface area (Å²) in [4.78, 5) is 0. The summed E-state index contributed by atoms with van der Waals surface area (Å²) in [5.41, 5.74) is 0.718. The van der Waals surface area contributed by atoms with Crippen molar-refractivity contribution in [1.82, 2.24) is 5.27 Å². The van der Waals surface area contributed by atoms with Gasteiger partial charge >= 0.3 is 0 Å². The van der Waals surface area contributed by atoms with E-state index in [0.29, 0.717) is 5.75 Å². The highest BCUT2D eigenvalue weighted by molar-refractivity contribution is 5.32. The molecule has 1 heterocycles. The van der Waals surface area contributed by atoms with E-state index in [-0.39, 0.29) is 0 Å². The molecule has 1 aromatic carbocycles. The van der Waals surface area contributed by atoms with Gasteiger partial charge in [0.15, 0.2) is 0 Å². The third kappa shape index (κ3) is 1.52. The molecule has 0 spiro atoms. The molecule has 0 aliphatic carbocycles. The summed E-state index contributed by atoms with van der Waals surface area (Å²) < 4.78 is 10.8. The fraction of sp³-hybridized carbons (Fsp3) is 0.111. The Balaban J connectivity index is 2.41. The molecular formula is C9H8N2O3. The number of benzene rings is 1. The van der Waals surface area contributed by atoms with Crippen molar-refractivity contribution in [2.24, 2.45) is 0 Å². The van der Waals surface area contributed by atoms with Gasteiger partial charge in [-0.15, -0.1) is 0 Å². The molecule has 2 rings (SSSR count). The largest absolute Gasteiger partial charge is 0.539 e. The first-order valence-electron chi connectivity index (χ1n) is 4.00. The Kier molecular flexibility index (Phi) is 2.06. The predicted molar refractivity (Wildman–Crippen MR) is 44.0 cm³/mol. The first kappa shape index (κ1) is 8.55. The van der Waals surface area contributed by atoms with Crippen molar-refractivity contribution in [3.8, 4) is 17.4 Å². The minimum Gasteiger partial charge on any atom is -0.539 e. The Bertz CT molecular complexity index is 439. The third-order valence-electron chi connectivity index (χ3n) is 1.76. The van der Waals surface area contributed by atoms with Crippen LogP contribution in [0.4, 0.5) is 0 Å². The van der Waals surface area contributed by atoms with Crippen LogP contribution in [-0.4, -0.2) is 12.4 Å². The molecule has 0 amide bonds. The highest BCUT2D eigenvalue weighted by Crippen LogP contribution is 2.12. The minimum absolute atomic E-state index is 0.479. The number of nitrogens with zero attached hydrogens (tertiary/aromatic N) is 2. The number of rotatable bonds is 2. The second-order valence-corrected chi connectivity index (χ2v) is 2.67. The number of aromatic nitrogens is 2. The van der Waals surface area contributed by atoms with Gasteiger partial charge in [-0.25, -0.2) is 0 Å². The van der Waals surface area contributed by atoms with Crippen LogP contribution in [-0.2, 0) is 0 Å². The molecule has 14 heavy (non-hydrogen) atoms. The van der Waals surface area contributed by atoms with E-state index in [1.165, 1.54) is 10.9 Å². The van der Waals surface area contributed by atoms with Crippen molar-refractivity contribution in [1.29, 1.82) is 0 Å². The maximum absolute atomic E-state index is 10.7. The van der Waals surface area contributed by atoms with E-state index in [1.807, 2.05) is 6.07 Å². The first-order chi connectivity index (χ1) is 6.79. The average molecular weight is 192 g/mol. The molecule has 5 nitrogen and oxygen atoms in total. The Hall–Kier alpha value is -2.04. The molecule has 72 valence electrons. The lowest BCUT2D eigenvalue weighted by molar-refractivity contribution is -0.670. The molecule has 0 radical (unpaired) electrons. The van der Waals surface area contributed by atoms with Crippen LogP contribution >= 0.6 is 0 Å². The highest BCUT2D eigenvalue weighted by atomic mass is 16.6. The molecule has 0 bridgehead atoms. The first-order valence-corrected chi connectivity index (χ1v) is 4.00. The van der Waals surface area contributed by atoms with Crippen molar-refractivity contribution in [3.63, 3.8) is 0 Å². The zero-order chi connectivity index (χ0) is 9.97. The van der Waals surface area contributed by atoms with Gasteiger partial charge in [-0.05, 0) is 10.7 Å². The second kappa shape index (κ2) is 3.37. The molecule has 0 saturated heterocycles. The van der Waals surface area contributed by atoms with Gasteiger partial charge in [0.1, 0.15) is 11.7 Å². The van der Waals surface area contributed by atoms with E-state index in [0.717, 1.165) is 5.69 Å². The standard InChI is InChI=1S/C9H8N2O3/c1-13-8-4-2-3-7(5-8)11-6-9(12)14-10-11/h2-6H,1H3. The van der Waals surface area contributed by atoms with E-state index in [9.17, 15) is 5.11 Å². The Morgan fingerprint density at radius 1 is 1.50 bits per heavy atom. The number of hydrogen-bond acceptors (Lipinski definition) is 4. The SMILES string of the molecule is COc1cccc(-[n+]2cc([O-])on2)c1. The van der Waals surface area contributed by atoms with Crippen molar-refractivity contribution in [2.45, 2.75) is 0 Å². The smallest absolute Gasteiger partial charge is 0.243 e. The zero-order valence-corrected chi connectivity index (χ0v) is 7.51. The summed E-state index contributed by atoms with van der Waals surface area (Å²) >= 11 is 0. The van der Waals surface area contributed by atoms with Crippen LogP contribution in [0.1, 0.15) is 0 Å². The molecule has 1 aromatic heterocycles. The lowest BCUT2D eigenvalue weighted by Crippen LogP contribution is -2.31. The average Bonchev–Trinajstić information content (AvgIpc) is 2.65. The molecule has 5 heteroatoms. The normalized spacial score (nSPS) is 10.1. The van der Waals surface area contributed by atoms with E-state index >= 15 is 0 Å². The number of ether oxygens (including phenoxy) is 1. The van der Waals surface area contributed by atoms with Crippen molar-refractivity contribution < 1.29 is 19.0 Å². The molecule has 0 aliphatic rings. The molecular weight excluding hydrogens is 184 g/mol. The van der Waals surface area contributed by atoms with Gasteiger partial charge in [0, 0.05) is 6.07 Å². The zero-order valence-electron chi connectivity index (χ0n) is 7.51. The van der Waals surface area contributed by atoms with Gasteiger partial charge in [-0.3, -0.25) is 0 Å². The Morgan fingerprint density at radius 3 is 3.00 bits per heavy atom. The van der Waals surface area contributed by atoms with Crippen LogP contribution in [0.5, 0.6) is 11.7 Å². The molecule has 2 aromatic rings. The van der Waals surface area contributed by atoms with Crippen LogP contribution in [0.3, 0.4) is 0 Å².